The highest BCUT2D eigenvalue weighted by Crippen LogP contribution is 2.71. The Kier molecular flexibility index (Phi) is 5.75. The monoisotopic (exact) mass is 462 g/mol. The summed E-state index contributed by atoms with van der Waals surface area (Å²) in [6.45, 7) is 12.3. The van der Waals surface area contributed by atoms with Gasteiger partial charge >= 0.3 is 5.97 Å². The highest BCUT2D eigenvalue weighted by Gasteiger charge is 2.69. The third-order valence-electron chi connectivity index (χ3n) is 11.1. The molecular weight excluding hydrogens is 420 g/mol. The van der Waals surface area contributed by atoms with Crippen LogP contribution in [0.25, 0.3) is 0 Å². The second kappa shape index (κ2) is 7.63. The van der Waals surface area contributed by atoms with Gasteiger partial charge in [-0.05, 0) is 71.7 Å². The van der Waals surface area contributed by atoms with Gasteiger partial charge in [-0.25, -0.2) is 0 Å². The van der Waals surface area contributed by atoms with Crippen molar-refractivity contribution in [1.82, 2.24) is 0 Å². The van der Waals surface area contributed by atoms with Crippen LogP contribution in [0.3, 0.4) is 0 Å². The van der Waals surface area contributed by atoms with E-state index in [1.165, 1.54) is 0 Å². The van der Waals surface area contributed by atoms with E-state index < -0.39 is 45.9 Å². The van der Waals surface area contributed by atoms with Crippen LogP contribution in [-0.4, -0.2) is 50.5 Å². The second-order valence-corrected chi connectivity index (χ2v) is 12.9. The molecule has 0 amide bonds. The number of hydrogen-bond donors (Lipinski definition) is 4. The number of carbonyl (C=O) groups is 2. The molecule has 0 unspecified atom stereocenters. The Hall–Kier alpha value is -1.24. The Morgan fingerprint density at radius 1 is 1.06 bits per heavy atom. The van der Waals surface area contributed by atoms with Crippen molar-refractivity contribution in [3.8, 4) is 0 Å². The van der Waals surface area contributed by atoms with Crippen LogP contribution in [0.15, 0.2) is 11.1 Å². The topological polar surface area (TPSA) is 115 Å². The molecule has 4 aliphatic rings. The van der Waals surface area contributed by atoms with Crippen molar-refractivity contribution >= 4 is 11.8 Å². The normalized spacial score (nSPS) is 47.5. The summed E-state index contributed by atoms with van der Waals surface area (Å²) < 4.78 is 0. The molecule has 33 heavy (non-hydrogen) atoms. The van der Waals surface area contributed by atoms with E-state index in [-0.39, 0.29) is 30.0 Å². The van der Waals surface area contributed by atoms with E-state index >= 15 is 0 Å². The van der Waals surface area contributed by atoms with Crippen LogP contribution in [0.1, 0.15) is 86.5 Å². The van der Waals surface area contributed by atoms with E-state index in [9.17, 15) is 30.0 Å². The number of aliphatic hydroxyl groups is 3. The average molecular weight is 463 g/mol. The number of carboxylic acid groups (broad SMARTS) is 1. The van der Waals surface area contributed by atoms with Crippen molar-refractivity contribution in [2.45, 2.75) is 105 Å². The molecule has 0 spiro atoms. The van der Waals surface area contributed by atoms with Crippen LogP contribution >= 0.6 is 0 Å². The molecule has 6 nitrogen and oxygen atoms in total. The largest absolute Gasteiger partial charge is 0.481 e. The van der Waals surface area contributed by atoms with Gasteiger partial charge in [0, 0.05) is 23.8 Å². The van der Waals surface area contributed by atoms with Gasteiger partial charge in [0.05, 0.1) is 18.3 Å². The van der Waals surface area contributed by atoms with E-state index in [1.54, 1.807) is 0 Å². The number of allylic oxidation sites excluding steroid dienone is 1. The minimum atomic E-state index is -0.834. The van der Waals surface area contributed by atoms with E-state index in [0.29, 0.717) is 44.1 Å². The zero-order valence-electron chi connectivity index (χ0n) is 21.0. The van der Waals surface area contributed by atoms with Gasteiger partial charge < -0.3 is 20.4 Å². The Morgan fingerprint density at radius 2 is 1.70 bits per heavy atom. The lowest BCUT2D eigenvalue weighted by molar-refractivity contribution is -0.141. The summed E-state index contributed by atoms with van der Waals surface area (Å²) in [6.07, 6.45) is 1.18. The molecule has 6 heteroatoms. The zero-order valence-corrected chi connectivity index (χ0v) is 21.0. The van der Waals surface area contributed by atoms with Gasteiger partial charge in [-0.1, -0.05) is 41.5 Å². The molecular formula is C27H42O6. The molecule has 2 fully saturated rings. The first-order valence-corrected chi connectivity index (χ1v) is 12.7. The molecule has 9 atom stereocenters. The SMILES string of the molecule is C[C@H](CCC(=O)O)[C@H]1C[C@H](O)[C@@]2(C)C3=C(C(=O)C[C@]12C)[C@@]1(C)CC[C@H](O)C(C)(C)[C@@H]1C[C@H]3O. The highest BCUT2D eigenvalue weighted by molar-refractivity contribution is 6.00. The molecule has 0 saturated heterocycles. The van der Waals surface area contributed by atoms with E-state index in [0.717, 1.165) is 5.57 Å². The van der Waals surface area contributed by atoms with Crippen molar-refractivity contribution in [2.24, 2.45) is 39.4 Å². The molecule has 0 bridgehead atoms. The van der Waals surface area contributed by atoms with Gasteiger partial charge in [0.15, 0.2) is 5.78 Å². The Balaban J connectivity index is 1.84. The maximum absolute atomic E-state index is 14.0. The predicted molar refractivity (Wildman–Crippen MR) is 124 cm³/mol. The quantitative estimate of drug-likeness (QED) is 0.506. The zero-order chi connectivity index (χ0) is 24.7. The summed E-state index contributed by atoms with van der Waals surface area (Å²) in [5.41, 5.74) is -0.709. The molecule has 0 aromatic carbocycles. The number of aliphatic carboxylic acids is 1. The second-order valence-electron chi connectivity index (χ2n) is 12.9. The Labute approximate surface area is 197 Å². The summed E-state index contributed by atoms with van der Waals surface area (Å²) >= 11 is 0. The molecule has 4 rings (SSSR count). The van der Waals surface area contributed by atoms with Gasteiger partial charge in [-0.3, -0.25) is 9.59 Å². The number of carboxylic acids is 1. The fraction of sp³-hybridized carbons (Fsp3) is 0.852. The van der Waals surface area contributed by atoms with Gasteiger partial charge in [0.1, 0.15) is 0 Å². The van der Waals surface area contributed by atoms with E-state index in [1.807, 2.05) is 27.7 Å². The lowest BCUT2D eigenvalue weighted by Gasteiger charge is -2.62. The minimum absolute atomic E-state index is 0.00259. The predicted octanol–water partition coefficient (Wildman–Crippen LogP) is 3.72. The van der Waals surface area contributed by atoms with Gasteiger partial charge in [0.25, 0.3) is 0 Å². The van der Waals surface area contributed by atoms with Crippen LogP contribution in [-0.2, 0) is 9.59 Å². The molecule has 4 aliphatic carbocycles. The first kappa shape index (κ1) is 24.9. The van der Waals surface area contributed by atoms with Crippen LogP contribution in [0, 0.1) is 39.4 Å². The molecule has 0 aromatic heterocycles. The van der Waals surface area contributed by atoms with Gasteiger partial charge in [-0.15, -0.1) is 0 Å². The number of aliphatic hydroxyl groups excluding tert-OH is 3. The lowest BCUT2D eigenvalue weighted by Crippen LogP contribution is -2.61. The minimum Gasteiger partial charge on any atom is -0.481 e. The molecule has 2 saturated carbocycles. The fourth-order valence-electron chi connectivity index (χ4n) is 8.93. The number of carbonyl (C=O) groups excluding carboxylic acids is 1. The Morgan fingerprint density at radius 3 is 2.30 bits per heavy atom. The number of hydrogen-bond acceptors (Lipinski definition) is 5. The maximum atomic E-state index is 14.0. The summed E-state index contributed by atoms with van der Waals surface area (Å²) in [4.78, 5) is 25.1. The lowest BCUT2D eigenvalue weighted by atomic mass is 9.42. The molecule has 186 valence electrons. The number of rotatable bonds is 4. The van der Waals surface area contributed by atoms with Crippen LogP contribution in [0.4, 0.5) is 0 Å². The first-order valence-electron chi connectivity index (χ1n) is 12.7. The standard InChI is InChI=1S/C27H42O6/c1-14(7-8-21(32)33)15-11-20(31)27(6)23-16(28)12-18-24(2,3)19(30)9-10-25(18,4)22(23)17(29)13-26(15,27)5/h14-16,18-20,28,30-31H,7-13H2,1-6H3,(H,32,33)/t14-,15-,16-,18+,19+,20+,25+,26-,27+/m1/s1. The van der Waals surface area contributed by atoms with Crippen molar-refractivity contribution < 1.29 is 30.0 Å². The first-order chi connectivity index (χ1) is 15.1. The fourth-order valence-corrected chi connectivity index (χ4v) is 8.93. The summed E-state index contributed by atoms with van der Waals surface area (Å²) in [5, 5.41) is 43.0. The van der Waals surface area contributed by atoms with Crippen LogP contribution < -0.4 is 0 Å². The third kappa shape index (κ3) is 3.16. The van der Waals surface area contributed by atoms with Crippen molar-refractivity contribution in [2.75, 3.05) is 0 Å². The number of fused-ring (bicyclic) bond motifs is 4. The number of Topliss-reactive ketones (excluding diaryl/α,β-unsaturated/α-hetero) is 1. The summed E-state index contributed by atoms with van der Waals surface area (Å²) in [5.74, 6) is -0.750. The van der Waals surface area contributed by atoms with E-state index in [4.69, 9.17) is 0 Å². The molecule has 0 aromatic rings. The van der Waals surface area contributed by atoms with Crippen molar-refractivity contribution in [3.05, 3.63) is 11.1 Å². The van der Waals surface area contributed by atoms with Gasteiger partial charge in [-0.2, -0.15) is 0 Å². The smallest absolute Gasteiger partial charge is 0.303 e. The molecule has 0 radical (unpaired) electrons. The highest BCUT2D eigenvalue weighted by atomic mass is 16.4. The van der Waals surface area contributed by atoms with Crippen LogP contribution in [0.5, 0.6) is 0 Å². The average Bonchev–Trinajstić information content (AvgIpc) is 2.92. The maximum Gasteiger partial charge on any atom is 0.303 e. The van der Waals surface area contributed by atoms with Crippen molar-refractivity contribution in [1.29, 1.82) is 0 Å². The summed E-state index contributed by atoms with van der Waals surface area (Å²) in [7, 11) is 0. The molecule has 0 heterocycles. The van der Waals surface area contributed by atoms with E-state index in [2.05, 4.69) is 13.8 Å². The summed E-state index contributed by atoms with van der Waals surface area (Å²) in [6, 6.07) is 0. The molecule has 4 N–H and O–H groups in total. The Bertz CT molecular complexity index is 891. The van der Waals surface area contributed by atoms with Gasteiger partial charge in [0.2, 0.25) is 0 Å². The number of ketones is 1. The van der Waals surface area contributed by atoms with Crippen LogP contribution in [0.2, 0.25) is 0 Å². The third-order valence-corrected chi connectivity index (χ3v) is 11.1. The van der Waals surface area contributed by atoms with Crippen molar-refractivity contribution in [3.63, 3.8) is 0 Å². The molecule has 0 aliphatic heterocycles.